The number of fused-ring (bicyclic) bond motifs is 1. The van der Waals surface area contributed by atoms with Crippen LogP contribution >= 0.6 is 0 Å². The minimum atomic E-state index is -3.72. The molecule has 0 aliphatic carbocycles. The highest BCUT2D eigenvalue weighted by Gasteiger charge is 2.32. The average molecular weight is 413 g/mol. The number of rotatable bonds is 4. The van der Waals surface area contributed by atoms with E-state index < -0.39 is 10.0 Å². The first-order chi connectivity index (χ1) is 14.0. The number of nitrogens with one attached hydrogen (secondary N) is 1. The van der Waals surface area contributed by atoms with Crippen LogP contribution in [0.3, 0.4) is 0 Å². The third-order valence-corrected chi connectivity index (χ3v) is 7.11. The van der Waals surface area contributed by atoms with E-state index in [9.17, 15) is 13.2 Å². The van der Waals surface area contributed by atoms with Crippen molar-refractivity contribution in [2.45, 2.75) is 24.2 Å². The predicted octanol–water partition coefficient (Wildman–Crippen LogP) is 2.05. The molecule has 0 unspecified atom stereocenters. The maximum atomic E-state index is 13.1. The number of anilines is 1. The molecule has 0 saturated carbocycles. The lowest BCUT2D eigenvalue weighted by Crippen LogP contribution is -2.28. The van der Waals surface area contributed by atoms with Gasteiger partial charge in [0.05, 0.1) is 5.69 Å². The van der Waals surface area contributed by atoms with Crippen molar-refractivity contribution in [2.75, 3.05) is 23.9 Å². The number of aromatic amines is 1. The van der Waals surface area contributed by atoms with E-state index in [2.05, 4.69) is 15.2 Å². The molecule has 150 valence electrons. The molecule has 29 heavy (non-hydrogen) atoms. The molecular formula is C19H19N5O4S. The largest absolute Gasteiger partial charge is 0.411 e. The quantitative estimate of drug-likeness (QED) is 0.701. The maximum Gasteiger partial charge on any atom is 0.311 e. The van der Waals surface area contributed by atoms with Crippen molar-refractivity contribution in [3.05, 3.63) is 48.0 Å². The number of likely N-dealkylation sites (tertiary alicyclic amines) is 1. The second kappa shape index (κ2) is 6.73. The summed E-state index contributed by atoms with van der Waals surface area (Å²) < 4.78 is 33.1. The number of sulfonamides is 1. The van der Waals surface area contributed by atoms with Gasteiger partial charge in [-0.05, 0) is 37.0 Å². The number of carbonyl (C=O) groups excluding carboxylic acids is 1. The third-order valence-electron chi connectivity index (χ3n) is 5.32. The second-order valence-corrected chi connectivity index (χ2v) is 8.98. The van der Waals surface area contributed by atoms with Crippen molar-refractivity contribution >= 4 is 21.6 Å². The zero-order valence-electron chi connectivity index (χ0n) is 15.5. The van der Waals surface area contributed by atoms with Crippen molar-refractivity contribution in [1.29, 1.82) is 0 Å². The minimum Gasteiger partial charge on any atom is -0.411 e. The molecule has 0 atom stereocenters. The molecule has 3 aromatic rings. The van der Waals surface area contributed by atoms with Crippen LogP contribution in [0.15, 0.2) is 45.8 Å². The highest BCUT2D eigenvalue weighted by molar-refractivity contribution is 7.92. The van der Waals surface area contributed by atoms with E-state index in [1.807, 2.05) is 24.3 Å². The molecule has 2 aromatic heterocycles. The Kier molecular flexibility index (Phi) is 4.16. The molecule has 1 amide bonds. The fraction of sp³-hybridized carbons (Fsp3) is 0.316. The molecular weight excluding hydrogens is 394 g/mol. The van der Waals surface area contributed by atoms with Crippen LogP contribution in [-0.2, 0) is 16.4 Å². The molecule has 1 N–H and O–H groups in total. The van der Waals surface area contributed by atoms with Crippen LogP contribution in [0.4, 0.5) is 5.69 Å². The SMILES string of the molecule is O=C(c1nnc(-c2cc(S(=O)(=O)N3CCc4ccccc43)c[nH]2)o1)N1CCCC1. The first-order valence-electron chi connectivity index (χ1n) is 9.46. The Morgan fingerprint density at radius 2 is 1.90 bits per heavy atom. The molecule has 1 fully saturated rings. The Labute approximate surface area is 167 Å². The molecule has 10 heteroatoms. The summed E-state index contributed by atoms with van der Waals surface area (Å²) in [4.78, 5) is 17.0. The van der Waals surface area contributed by atoms with Crippen LogP contribution < -0.4 is 4.31 Å². The van der Waals surface area contributed by atoms with E-state index in [4.69, 9.17) is 4.42 Å². The fourth-order valence-electron chi connectivity index (χ4n) is 3.81. The van der Waals surface area contributed by atoms with Crippen LogP contribution in [0.25, 0.3) is 11.6 Å². The van der Waals surface area contributed by atoms with E-state index in [1.54, 1.807) is 4.90 Å². The average Bonchev–Trinajstić information content (AvgIpc) is 3.53. The van der Waals surface area contributed by atoms with Gasteiger partial charge < -0.3 is 14.3 Å². The van der Waals surface area contributed by atoms with Gasteiger partial charge in [-0.2, -0.15) is 0 Å². The number of aromatic nitrogens is 3. The van der Waals surface area contributed by atoms with Gasteiger partial charge in [0.1, 0.15) is 10.6 Å². The molecule has 0 spiro atoms. The van der Waals surface area contributed by atoms with Gasteiger partial charge in [0.2, 0.25) is 0 Å². The van der Waals surface area contributed by atoms with E-state index in [-0.39, 0.29) is 22.6 Å². The van der Waals surface area contributed by atoms with Crippen molar-refractivity contribution in [2.24, 2.45) is 0 Å². The zero-order valence-corrected chi connectivity index (χ0v) is 16.4. The number of hydrogen-bond donors (Lipinski definition) is 1. The Morgan fingerprint density at radius 1 is 1.10 bits per heavy atom. The van der Waals surface area contributed by atoms with Crippen LogP contribution in [0.5, 0.6) is 0 Å². The Morgan fingerprint density at radius 3 is 2.72 bits per heavy atom. The number of benzene rings is 1. The van der Waals surface area contributed by atoms with E-state index in [1.165, 1.54) is 16.6 Å². The normalized spacial score (nSPS) is 16.4. The lowest BCUT2D eigenvalue weighted by Gasteiger charge is -2.18. The topological polar surface area (TPSA) is 112 Å². The summed E-state index contributed by atoms with van der Waals surface area (Å²) in [5.74, 6) is -0.306. The lowest BCUT2D eigenvalue weighted by molar-refractivity contribution is 0.0754. The first kappa shape index (κ1) is 17.9. The van der Waals surface area contributed by atoms with E-state index in [0.29, 0.717) is 37.4 Å². The van der Waals surface area contributed by atoms with Gasteiger partial charge >= 0.3 is 11.8 Å². The predicted molar refractivity (Wildman–Crippen MR) is 104 cm³/mol. The fourth-order valence-corrected chi connectivity index (χ4v) is 5.30. The van der Waals surface area contributed by atoms with Crippen molar-refractivity contribution in [1.82, 2.24) is 20.1 Å². The van der Waals surface area contributed by atoms with E-state index >= 15 is 0 Å². The molecule has 1 saturated heterocycles. The maximum absolute atomic E-state index is 13.1. The van der Waals surface area contributed by atoms with Crippen molar-refractivity contribution < 1.29 is 17.6 Å². The Bertz CT molecular complexity index is 1180. The number of H-pyrrole nitrogens is 1. The van der Waals surface area contributed by atoms with Gasteiger partial charge in [0, 0.05) is 25.8 Å². The third kappa shape index (κ3) is 3.00. The smallest absolute Gasteiger partial charge is 0.311 e. The second-order valence-electron chi connectivity index (χ2n) is 7.12. The Hall–Kier alpha value is -3.14. The number of hydrogen-bond acceptors (Lipinski definition) is 6. The van der Waals surface area contributed by atoms with Crippen molar-refractivity contribution in [3.8, 4) is 11.6 Å². The Balaban J connectivity index is 1.41. The first-order valence-corrected chi connectivity index (χ1v) is 10.9. The molecule has 9 nitrogen and oxygen atoms in total. The summed E-state index contributed by atoms with van der Waals surface area (Å²) in [6.45, 7) is 1.76. The molecule has 2 aliphatic rings. The van der Waals surface area contributed by atoms with Gasteiger partial charge in [-0.15, -0.1) is 10.2 Å². The minimum absolute atomic E-state index is 0.0795. The summed E-state index contributed by atoms with van der Waals surface area (Å²) in [5.41, 5.74) is 2.06. The monoisotopic (exact) mass is 413 g/mol. The van der Waals surface area contributed by atoms with Crippen LogP contribution in [-0.4, -0.2) is 54.0 Å². The highest BCUT2D eigenvalue weighted by atomic mass is 32.2. The van der Waals surface area contributed by atoms with Gasteiger partial charge in [-0.3, -0.25) is 9.10 Å². The summed E-state index contributed by atoms with van der Waals surface area (Å²) in [6.07, 6.45) is 4.00. The van der Waals surface area contributed by atoms with Gasteiger partial charge in [0.25, 0.3) is 15.9 Å². The van der Waals surface area contributed by atoms with Crippen molar-refractivity contribution in [3.63, 3.8) is 0 Å². The van der Waals surface area contributed by atoms with Crippen LogP contribution in [0.1, 0.15) is 29.1 Å². The van der Waals surface area contributed by atoms with Crippen LogP contribution in [0, 0.1) is 0 Å². The molecule has 0 radical (unpaired) electrons. The molecule has 1 aromatic carbocycles. The highest BCUT2D eigenvalue weighted by Crippen LogP contribution is 2.33. The summed E-state index contributed by atoms with van der Waals surface area (Å²) >= 11 is 0. The molecule has 2 aliphatic heterocycles. The summed E-state index contributed by atoms with van der Waals surface area (Å²) in [5, 5.41) is 7.73. The molecule has 4 heterocycles. The standard InChI is InChI=1S/C19H19N5O4S/c25-19(23-8-3-4-9-23)18-22-21-17(28-18)15-11-14(12-20-15)29(26,27)24-10-7-13-5-1-2-6-16(13)24/h1-2,5-6,11-12,20H,3-4,7-10H2. The van der Waals surface area contributed by atoms with Gasteiger partial charge in [-0.1, -0.05) is 18.2 Å². The van der Waals surface area contributed by atoms with E-state index in [0.717, 1.165) is 18.4 Å². The number of nitrogens with zero attached hydrogens (tertiary/aromatic N) is 4. The number of para-hydroxylation sites is 1. The van der Waals surface area contributed by atoms with Crippen LogP contribution in [0.2, 0.25) is 0 Å². The van der Waals surface area contributed by atoms with Gasteiger partial charge in [-0.25, -0.2) is 8.42 Å². The zero-order chi connectivity index (χ0) is 20.0. The van der Waals surface area contributed by atoms with Gasteiger partial charge in [0.15, 0.2) is 0 Å². The lowest BCUT2D eigenvalue weighted by atomic mass is 10.2. The molecule has 0 bridgehead atoms. The summed E-state index contributed by atoms with van der Waals surface area (Å²) in [6, 6.07) is 8.92. The number of carbonyl (C=O) groups is 1. The number of amides is 1. The summed E-state index contributed by atoms with van der Waals surface area (Å²) in [7, 11) is -3.72. The molecule has 5 rings (SSSR count).